The van der Waals surface area contributed by atoms with Crippen LogP contribution >= 0.6 is 0 Å². The SMILES string of the molecule is O=C(NNC=C(c1ccccc1)c1ccccc1)c1ccc(COc2ccccc2)cc1. The number of amides is 1. The summed E-state index contributed by atoms with van der Waals surface area (Å²) in [6.45, 7) is 0.449. The average molecular weight is 421 g/mol. The van der Waals surface area contributed by atoms with Crippen LogP contribution < -0.4 is 15.6 Å². The summed E-state index contributed by atoms with van der Waals surface area (Å²) < 4.78 is 5.75. The van der Waals surface area contributed by atoms with E-state index in [2.05, 4.69) is 10.9 Å². The van der Waals surface area contributed by atoms with E-state index < -0.39 is 0 Å². The smallest absolute Gasteiger partial charge is 0.269 e. The van der Waals surface area contributed by atoms with Crippen molar-refractivity contribution in [2.45, 2.75) is 6.61 Å². The Kier molecular flexibility index (Phi) is 6.96. The van der Waals surface area contributed by atoms with Gasteiger partial charge in [-0.2, -0.15) is 0 Å². The van der Waals surface area contributed by atoms with Gasteiger partial charge in [0.25, 0.3) is 5.91 Å². The van der Waals surface area contributed by atoms with Gasteiger partial charge in [0.05, 0.1) is 0 Å². The highest BCUT2D eigenvalue weighted by Gasteiger charge is 2.07. The van der Waals surface area contributed by atoms with E-state index in [1.54, 1.807) is 12.1 Å². The van der Waals surface area contributed by atoms with Gasteiger partial charge in [-0.3, -0.25) is 10.2 Å². The summed E-state index contributed by atoms with van der Waals surface area (Å²) in [7, 11) is 0. The van der Waals surface area contributed by atoms with Crippen molar-refractivity contribution in [3.05, 3.63) is 144 Å². The Morgan fingerprint density at radius 2 is 1.19 bits per heavy atom. The van der Waals surface area contributed by atoms with Gasteiger partial charge in [0.2, 0.25) is 0 Å². The molecule has 0 unspecified atom stereocenters. The topological polar surface area (TPSA) is 50.4 Å². The summed E-state index contributed by atoms with van der Waals surface area (Å²) in [6, 6.07) is 37.1. The molecule has 0 radical (unpaired) electrons. The molecule has 0 fully saturated rings. The van der Waals surface area contributed by atoms with E-state index in [-0.39, 0.29) is 5.91 Å². The molecule has 0 bridgehead atoms. The minimum Gasteiger partial charge on any atom is -0.489 e. The lowest BCUT2D eigenvalue weighted by Gasteiger charge is -2.11. The molecule has 4 rings (SSSR count). The van der Waals surface area contributed by atoms with Crippen molar-refractivity contribution in [1.29, 1.82) is 0 Å². The zero-order valence-corrected chi connectivity index (χ0v) is 17.6. The largest absolute Gasteiger partial charge is 0.489 e. The first kappa shape index (κ1) is 20.9. The number of hydrogen-bond acceptors (Lipinski definition) is 3. The number of nitrogens with one attached hydrogen (secondary N) is 2. The lowest BCUT2D eigenvalue weighted by molar-refractivity contribution is 0.0941. The average Bonchev–Trinajstić information content (AvgIpc) is 2.87. The molecule has 1 amide bonds. The minimum absolute atomic E-state index is 0.211. The fourth-order valence-electron chi connectivity index (χ4n) is 3.25. The zero-order chi connectivity index (χ0) is 22.0. The number of benzene rings is 4. The summed E-state index contributed by atoms with van der Waals surface area (Å²) in [5.41, 5.74) is 10.4. The molecule has 4 nitrogen and oxygen atoms in total. The monoisotopic (exact) mass is 420 g/mol. The number of rotatable bonds is 8. The third-order valence-corrected chi connectivity index (χ3v) is 4.94. The molecule has 0 aliphatic rings. The molecule has 0 atom stereocenters. The number of carbonyl (C=O) groups excluding carboxylic acids is 1. The van der Waals surface area contributed by atoms with Gasteiger partial charge >= 0.3 is 0 Å². The van der Waals surface area contributed by atoms with Crippen molar-refractivity contribution in [2.24, 2.45) is 0 Å². The van der Waals surface area contributed by atoms with Crippen LogP contribution in [0.1, 0.15) is 27.0 Å². The maximum atomic E-state index is 12.6. The van der Waals surface area contributed by atoms with E-state index in [1.807, 2.05) is 109 Å². The highest BCUT2D eigenvalue weighted by atomic mass is 16.5. The van der Waals surface area contributed by atoms with Crippen molar-refractivity contribution < 1.29 is 9.53 Å². The van der Waals surface area contributed by atoms with Crippen LogP contribution in [-0.4, -0.2) is 5.91 Å². The molecule has 0 heterocycles. The van der Waals surface area contributed by atoms with Crippen molar-refractivity contribution in [3.63, 3.8) is 0 Å². The van der Waals surface area contributed by atoms with Gasteiger partial charge in [-0.05, 0) is 41.0 Å². The molecular weight excluding hydrogens is 396 g/mol. The first-order valence-electron chi connectivity index (χ1n) is 10.4. The Labute approximate surface area is 188 Å². The molecule has 0 spiro atoms. The molecule has 0 saturated carbocycles. The maximum absolute atomic E-state index is 12.6. The minimum atomic E-state index is -0.211. The van der Waals surface area contributed by atoms with Crippen LogP contribution in [0.4, 0.5) is 0 Å². The number of hydrazine groups is 1. The molecule has 0 saturated heterocycles. The molecule has 32 heavy (non-hydrogen) atoms. The summed E-state index contributed by atoms with van der Waals surface area (Å²) in [5, 5.41) is 0. The molecule has 4 heteroatoms. The third kappa shape index (κ3) is 5.64. The molecule has 158 valence electrons. The molecule has 4 aromatic carbocycles. The number of para-hydroxylation sites is 1. The molecule has 4 aromatic rings. The van der Waals surface area contributed by atoms with Crippen LogP contribution in [0, 0.1) is 0 Å². The van der Waals surface area contributed by atoms with E-state index in [4.69, 9.17) is 4.74 Å². The van der Waals surface area contributed by atoms with Gasteiger partial charge in [0.15, 0.2) is 0 Å². The van der Waals surface area contributed by atoms with Crippen molar-refractivity contribution in [1.82, 2.24) is 10.9 Å². The van der Waals surface area contributed by atoms with Crippen LogP contribution in [0.25, 0.3) is 5.57 Å². The van der Waals surface area contributed by atoms with Crippen LogP contribution in [0.2, 0.25) is 0 Å². The normalized spacial score (nSPS) is 10.1. The Bertz CT molecular complexity index is 1110. The summed E-state index contributed by atoms with van der Waals surface area (Å²) in [5.74, 6) is 0.607. The fourth-order valence-corrected chi connectivity index (χ4v) is 3.25. The third-order valence-electron chi connectivity index (χ3n) is 4.94. The van der Waals surface area contributed by atoms with Gasteiger partial charge in [-0.1, -0.05) is 91.0 Å². The second-order valence-corrected chi connectivity index (χ2v) is 7.19. The fraction of sp³-hybridized carbons (Fsp3) is 0.0357. The summed E-state index contributed by atoms with van der Waals surface area (Å²) >= 11 is 0. The quantitative estimate of drug-likeness (QED) is 0.365. The van der Waals surface area contributed by atoms with Crippen molar-refractivity contribution in [2.75, 3.05) is 0 Å². The second kappa shape index (κ2) is 10.6. The number of hydrogen-bond donors (Lipinski definition) is 2. The summed E-state index contributed by atoms with van der Waals surface area (Å²) in [6.07, 6.45) is 1.81. The van der Waals surface area contributed by atoms with Gasteiger partial charge in [0.1, 0.15) is 12.4 Å². The van der Waals surface area contributed by atoms with Crippen molar-refractivity contribution in [3.8, 4) is 5.75 Å². The van der Waals surface area contributed by atoms with Gasteiger partial charge in [-0.15, -0.1) is 0 Å². The highest BCUT2D eigenvalue weighted by Crippen LogP contribution is 2.22. The number of ether oxygens (including phenoxy) is 1. The highest BCUT2D eigenvalue weighted by molar-refractivity contribution is 5.94. The van der Waals surface area contributed by atoms with Crippen LogP contribution in [0.15, 0.2) is 121 Å². The molecule has 0 aliphatic carbocycles. The van der Waals surface area contributed by atoms with Gasteiger partial charge in [0, 0.05) is 17.3 Å². The molecule has 0 aliphatic heterocycles. The zero-order valence-electron chi connectivity index (χ0n) is 17.6. The maximum Gasteiger partial charge on any atom is 0.269 e. The van der Waals surface area contributed by atoms with E-state index in [0.717, 1.165) is 28.0 Å². The van der Waals surface area contributed by atoms with E-state index in [1.165, 1.54) is 0 Å². The predicted octanol–water partition coefficient (Wildman–Crippen LogP) is 5.59. The lowest BCUT2D eigenvalue weighted by atomic mass is 9.99. The second-order valence-electron chi connectivity index (χ2n) is 7.19. The standard InChI is InChI=1S/C28H24N2O2/c31-28(25-18-16-22(17-19-25)21-32-26-14-8-3-9-15-26)30-29-20-27(23-10-4-1-5-11-23)24-12-6-2-7-13-24/h1-20,29H,21H2,(H,30,31). The van der Waals surface area contributed by atoms with Crippen LogP contribution in [-0.2, 0) is 6.61 Å². The molecule has 2 N–H and O–H groups in total. The van der Waals surface area contributed by atoms with Crippen molar-refractivity contribution >= 4 is 11.5 Å². The summed E-state index contributed by atoms with van der Waals surface area (Å²) in [4.78, 5) is 12.6. The van der Waals surface area contributed by atoms with Gasteiger partial charge < -0.3 is 10.2 Å². The van der Waals surface area contributed by atoms with Gasteiger partial charge in [-0.25, -0.2) is 0 Å². The Morgan fingerprint density at radius 3 is 1.75 bits per heavy atom. The van der Waals surface area contributed by atoms with E-state index in [0.29, 0.717) is 12.2 Å². The van der Waals surface area contributed by atoms with Crippen LogP contribution in [0.5, 0.6) is 5.75 Å². The first-order valence-corrected chi connectivity index (χ1v) is 10.4. The predicted molar refractivity (Wildman–Crippen MR) is 128 cm³/mol. The van der Waals surface area contributed by atoms with E-state index in [9.17, 15) is 4.79 Å². The molecular formula is C28H24N2O2. The van der Waals surface area contributed by atoms with Crippen LogP contribution in [0.3, 0.4) is 0 Å². The lowest BCUT2D eigenvalue weighted by Crippen LogP contribution is -2.33. The Morgan fingerprint density at radius 1 is 0.656 bits per heavy atom. The number of carbonyl (C=O) groups is 1. The Hall–Kier alpha value is -4.31. The molecule has 0 aromatic heterocycles. The van der Waals surface area contributed by atoms with E-state index >= 15 is 0 Å². The Balaban J connectivity index is 1.38. The first-order chi connectivity index (χ1) is 15.8.